The molecular formula is C21H20ClN3O2. The zero-order chi connectivity index (χ0) is 19.2. The van der Waals surface area contributed by atoms with Gasteiger partial charge in [0.2, 0.25) is 0 Å². The van der Waals surface area contributed by atoms with Gasteiger partial charge in [0.15, 0.2) is 0 Å². The van der Waals surface area contributed by atoms with Gasteiger partial charge in [-0.25, -0.2) is 4.98 Å². The number of carbonyl (C=O) groups excluding carboxylic acids is 1. The van der Waals surface area contributed by atoms with Crippen LogP contribution in [0.15, 0.2) is 66.9 Å². The van der Waals surface area contributed by atoms with Crippen LogP contribution in [0.4, 0.5) is 17.2 Å². The van der Waals surface area contributed by atoms with E-state index in [4.69, 9.17) is 16.3 Å². The molecule has 27 heavy (non-hydrogen) atoms. The second-order valence-electron chi connectivity index (χ2n) is 6.21. The van der Waals surface area contributed by atoms with Gasteiger partial charge in [0.25, 0.3) is 5.91 Å². The Hall–Kier alpha value is -3.05. The minimum absolute atomic E-state index is 0.135. The van der Waals surface area contributed by atoms with Gasteiger partial charge in [-0.2, -0.15) is 0 Å². The lowest BCUT2D eigenvalue weighted by atomic mass is 10.2. The quantitative estimate of drug-likeness (QED) is 0.590. The molecule has 1 heterocycles. The van der Waals surface area contributed by atoms with Crippen LogP contribution >= 0.6 is 11.6 Å². The van der Waals surface area contributed by atoms with Crippen molar-refractivity contribution >= 4 is 34.7 Å². The molecule has 0 aliphatic rings. The number of halogens is 1. The minimum atomic E-state index is -0.244. The third-order valence-electron chi connectivity index (χ3n) is 3.61. The molecule has 0 aliphatic heterocycles. The monoisotopic (exact) mass is 381 g/mol. The summed E-state index contributed by atoms with van der Waals surface area (Å²) in [5.41, 5.74) is 1.98. The molecule has 1 amide bonds. The Morgan fingerprint density at radius 1 is 1.04 bits per heavy atom. The molecule has 0 bridgehead atoms. The van der Waals surface area contributed by atoms with Crippen LogP contribution in [-0.4, -0.2) is 17.0 Å². The lowest BCUT2D eigenvalue weighted by molar-refractivity contribution is 0.102. The maximum absolute atomic E-state index is 12.3. The number of anilines is 3. The number of benzene rings is 2. The summed E-state index contributed by atoms with van der Waals surface area (Å²) < 4.78 is 5.62. The van der Waals surface area contributed by atoms with E-state index in [0.29, 0.717) is 22.1 Å². The minimum Gasteiger partial charge on any atom is -0.491 e. The van der Waals surface area contributed by atoms with Crippen molar-refractivity contribution in [3.05, 3.63) is 77.4 Å². The zero-order valence-electron chi connectivity index (χ0n) is 15.1. The first kappa shape index (κ1) is 18.7. The lowest BCUT2D eigenvalue weighted by Gasteiger charge is -2.11. The Kier molecular flexibility index (Phi) is 5.94. The van der Waals surface area contributed by atoms with Gasteiger partial charge in [-0.3, -0.25) is 4.79 Å². The average Bonchev–Trinajstić information content (AvgIpc) is 2.63. The van der Waals surface area contributed by atoms with Crippen LogP contribution in [0.1, 0.15) is 24.2 Å². The first-order chi connectivity index (χ1) is 13.0. The molecule has 138 valence electrons. The number of aromatic nitrogens is 1. The van der Waals surface area contributed by atoms with Crippen molar-refractivity contribution in [1.29, 1.82) is 0 Å². The first-order valence-electron chi connectivity index (χ1n) is 8.56. The molecule has 0 fully saturated rings. The fraction of sp³-hybridized carbons (Fsp3) is 0.143. The molecule has 3 aromatic rings. The Bertz CT molecular complexity index is 909. The van der Waals surface area contributed by atoms with Crippen molar-refractivity contribution < 1.29 is 9.53 Å². The van der Waals surface area contributed by atoms with Crippen LogP contribution in [0.25, 0.3) is 0 Å². The van der Waals surface area contributed by atoms with E-state index in [0.717, 1.165) is 11.4 Å². The van der Waals surface area contributed by atoms with E-state index in [1.165, 1.54) is 6.20 Å². The summed E-state index contributed by atoms with van der Waals surface area (Å²) in [6.07, 6.45) is 1.66. The second kappa shape index (κ2) is 8.56. The van der Waals surface area contributed by atoms with Gasteiger partial charge in [0, 0.05) is 22.6 Å². The Morgan fingerprint density at radius 2 is 1.81 bits per heavy atom. The Labute approximate surface area is 163 Å². The average molecular weight is 382 g/mol. The third kappa shape index (κ3) is 5.46. The van der Waals surface area contributed by atoms with Crippen molar-refractivity contribution in [2.24, 2.45) is 0 Å². The number of amides is 1. The fourth-order valence-corrected chi connectivity index (χ4v) is 2.60. The molecule has 0 spiro atoms. The topological polar surface area (TPSA) is 63.2 Å². The van der Waals surface area contributed by atoms with E-state index in [1.54, 1.807) is 36.4 Å². The molecule has 0 saturated heterocycles. The summed E-state index contributed by atoms with van der Waals surface area (Å²) in [5, 5.41) is 6.55. The number of ether oxygens (including phenoxy) is 1. The number of nitrogens with one attached hydrogen (secondary N) is 2. The van der Waals surface area contributed by atoms with E-state index in [9.17, 15) is 4.79 Å². The van der Waals surface area contributed by atoms with Gasteiger partial charge in [0.05, 0.1) is 11.7 Å². The molecule has 0 unspecified atom stereocenters. The van der Waals surface area contributed by atoms with Crippen LogP contribution in [0.3, 0.4) is 0 Å². The van der Waals surface area contributed by atoms with Crippen molar-refractivity contribution in [2.75, 3.05) is 10.6 Å². The molecule has 3 rings (SSSR count). The molecular weight excluding hydrogens is 362 g/mol. The Balaban J connectivity index is 1.62. The van der Waals surface area contributed by atoms with E-state index < -0.39 is 0 Å². The van der Waals surface area contributed by atoms with Gasteiger partial charge >= 0.3 is 0 Å². The molecule has 6 heteroatoms. The van der Waals surface area contributed by atoms with E-state index in [2.05, 4.69) is 15.6 Å². The highest BCUT2D eigenvalue weighted by Crippen LogP contribution is 2.20. The van der Waals surface area contributed by atoms with Gasteiger partial charge in [-0.15, -0.1) is 0 Å². The standard InChI is InChI=1S/C21H20ClN3O2/c1-14(2)27-19-9-7-17(8-10-19)24-20-11-6-15(13-23-20)21(26)25-18-5-3-4-16(22)12-18/h3-14H,1-2H3,(H,23,24)(H,25,26). The summed E-state index contributed by atoms with van der Waals surface area (Å²) in [6, 6.07) is 18.1. The highest BCUT2D eigenvalue weighted by atomic mass is 35.5. The number of pyridine rings is 1. The van der Waals surface area contributed by atoms with E-state index in [1.807, 2.05) is 38.1 Å². The van der Waals surface area contributed by atoms with Crippen LogP contribution < -0.4 is 15.4 Å². The van der Waals surface area contributed by atoms with Gasteiger partial charge in [0.1, 0.15) is 11.6 Å². The highest BCUT2D eigenvalue weighted by Gasteiger charge is 2.07. The largest absolute Gasteiger partial charge is 0.491 e. The molecule has 0 radical (unpaired) electrons. The van der Waals surface area contributed by atoms with Crippen LogP contribution in [0.5, 0.6) is 5.75 Å². The van der Waals surface area contributed by atoms with Crippen molar-refractivity contribution in [3.63, 3.8) is 0 Å². The predicted octanol–water partition coefficient (Wildman–Crippen LogP) is 5.52. The first-order valence-corrected chi connectivity index (χ1v) is 8.94. The lowest BCUT2D eigenvalue weighted by Crippen LogP contribution is -2.12. The summed E-state index contributed by atoms with van der Waals surface area (Å²) in [4.78, 5) is 16.6. The van der Waals surface area contributed by atoms with Crippen LogP contribution in [-0.2, 0) is 0 Å². The smallest absolute Gasteiger partial charge is 0.257 e. The number of hydrogen-bond donors (Lipinski definition) is 2. The fourth-order valence-electron chi connectivity index (χ4n) is 2.41. The van der Waals surface area contributed by atoms with Crippen LogP contribution in [0, 0.1) is 0 Å². The molecule has 5 nitrogen and oxygen atoms in total. The summed E-state index contributed by atoms with van der Waals surface area (Å²) in [7, 11) is 0. The van der Waals surface area contributed by atoms with Gasteiger partial charge < -0.3 is 15.4 Å². The zero-order valence-corrected chi connectivity index (χ0v) is 15.8. The molecule has 1 aromatic heterocycles. The van der Waals surface area contributed by atoms with Crippen molar-refractivity contribution in [3.8, 4) is 5.75 Å². The number of hydrogen-bond acceptors (Lipinski definition) is 4. The number of nitrogens with zero attached hydrogens (tertiary/aromatic N) is 1. The number of carbonyl (C=O) groups is 1. The highest BCUT2D eigenvalue weighted by molar-refractivity contribution is 6.30. The molecule has 0 atom stereocenters. The summed E-state index contributed by atoms with van der Waals surface area (Å²) >= 11 is 5.93. The molecule has 2 N–H and O–H groups in total. The number of rotatable bonds is 6. The van der Waals surface area contributed by atoms with Crippen molar-refractivity contribution in [2.45, 2.75) is 20.0 Å². The SMILES string of the molecule is CC(C)Oc1ccc(Nc2ccc(C(=O)Nc3cccc(Cl)c3)cn2)cc1. The summed E-state index contributed by atoms with van der Waals surface area (Å²) in [5.74, 6) is 1.22. The molecule has 0 aliphatic carbocycles. The second-order valence-corrected chi connectivity index (χ2v) is 6.65. The van der Waals surface area contributed by atoms with Gasteiger partial charge in [-0.1, -0.05) is 17.7 Å². The predicted molar refractivity (Wildman–Crippen MR) is 109 cm³/mol. The van der Waals surface area contributed by atoms with Crippen LogP contribution in [0.2, 0.25) is 5.02 Å². The Morgan fingerprint density at radius 3 is 2.44 bits per heavy atom. The molecule has 0 saturated carbocycles. The molecule has 2 aromatic carbocycles. The van der Waals surface area contributed by atoms with Gasteiger partial charge in [-0.05, 0) is 68.4 Å². The third-order valence-corrected chi connectivity index (χ3v) is 3.84. The normalized spacial score (nSPS) is 10.5. The van der Waals surface area contributed by atoms with E-state index in [-0.39, 0.29) is 12.0 Å². The van der Waals surface area contributed by atoms with Crippen molar-refractivity contribution in [1.82, 2.24) is 4.98 Å². The van der Waals surface area contributed by atoms with E-state index >= 15 is 0 Å². The summed E-state index contributed by atoms with van der Waals surface area (Å²) in [6.45, 7) is 3.97. The maximum atomic E-state index is 12.3. The maximum Gasteiger partial charge on any atom is 0.257 e.